The van der Waals surface area contributed by atoms with Crippen molar-refractivity contribution < 1.29 is 23.3 Å². The summed E-state index contributed by atoms with van der Waals surface area (Å²) < 4.78 is 23.8. The molecule has 0 radical (unpaired) electrons. The summed E-state index contributed by atoms with van der Waals surface area (Å²) in [7, 11) is 0.268. The Morgan fingerprint density at radius 2 is 1.79 bits per heavy atom. The molecule has 0 aliphatic carbocycles. The summed E-state index contributed by atoms with van der Waals surface area (Å²) in [6.45, 7) is 1.65. The van der Waals surface area contributed by atoms with Gasteiger partial charge in [-0.3, -0.25) is 14.5 Å². The van der Waals surface area contributed by atoms with Gasteiger partial charge in [-0.1, -0.05) is 12.1 Å². The zero-order valence-electron chi connectivity index (χ0n) is 10.7. The Bertz CT molecular complexity index is 502. The molecule has 0 N–H and O–H groups in total. The summed E-state index contributed by atoms with van der Waals surface area (Å²) in [5.74, 6) is -1.71. The molecule has 0 amide bonds. The molecular formula is C12H13BFNO4. The third-order valence-electron chi connectivity index (χ3n) is 2.68. The maximum atomic E-state index is 13.8. The number of aryl methyl sites for hydroxylation is 1. The second kappa shape index (κ2) is 5.40. The largest absolute Gasteiger partial charge is 0.639 e. The Morgan fingerprint density at radius 1 is 1.21 bits per heavy atom. The summed E-state index contributed by atoms with van der Waals surface area (Å²) >= 11 is 0. The van der Waals surface area contributed by atoms with E-state index in [1.54, 1.807) is 20.0 Å². The molecule has 2 rings (SSSR count). The van der Waals surface area contributed by atoms with Crippen molar-refractivity contribution in [2.24, 2.45) is 0 Å². The van der Waals surface area contributed by atoms with Gasteiger partial charge in [0.15, 0.2) is 0 Å². The lowest BCUT2D eigenvalue weighted by molar-refractivity contribution is -0.145. The van der Waals surface area contributed by atoms with E-state index in [4.69, 9.17) is 9.31 Å². The molecule has 7 heteroatoms. The number of rotatable bonds is 1. The van der Waals surface area contributed by atoms with Crippen molar-refractivity contribution in [3.05, 3.63) is 29.6 Å². The summed E-state index contributed by atoms with van der Waals surface area (Å²) in [5, 5.41) is 0. The Balaban J connectivity index is 2.26. The van der Waals surface area contributed by atoms with Crippen molar-refractivity contribution in [3.63, 3.8) is 0 Å². The van der Waals surface area contributed by atoms with Crippen molar-refractivity contribution in [1.82, 2.24) is 4.90 Å². The molecule has 1 saturated heterocycles. The van der Waals surface area contributed by atoms with Crippen LogP contribution >= 0.6 is 0 Å². The van der Waals surface area contributed by atoms with Crippen LogP contribution in [0.15, 0.2) is 18.2 Å². The first-order valence-electron chi connectivity index (χ1n) is 5.79. The highest BCUT2D eigenvalue weighted by Gasteiger charge is 2.35. The van der Waals surface area contributed by atoms with Gasteiger partial charge < -0.3 is 9.31 Å². The van der Waals surface area contributed by atoms with Gasteiger partial charge in [0, 0.05) is 5.46 Å². The summed E-state index contributed by atoms with van der Waals surface area (Å²) in [6, 6.07) is 4.40. The fourth-order valence-corrected chi connectivity index (χ4v) is 1.78. The summed E-state index contributed by atoms with van der Waals surface area (Å²) in [4.78, 5) is 24.5. The van der Waals surface area contributed by atoms with E-state index in [9.17, 15) is 14.0 Å². The van der Waals surface area contributed by atoms with E-state index >= 15 is 0 Å². The highest BCUT2D eigenvalue weighted by molar-refractivity contribution is 6.64. The highest BCUT2D eigenvalue weighted by atomic mass is 19.1. The van der Waals surface area contributed by atoms with Crippen molar-refractivity contribution in [3.8, 4) is 0 Å². The average Bonchev–Trinajstić information content (AvgIpc) is 2.25. The molecular weight excluding hydrogens is 252 g/mol. The first-order valence-corrected chi connectivity index (χ1v) is 5.79. The van der Waals surface area contributed by atoms with E-state index in [-0.39, 0.29) is 18.6 Å². The number of carbonyl (C=O) groups is 2. The summed E-state index contributed by atoms with van der Waals surface area (Å²) in [6.07, 6.45) is 0. The monoisotopic (exact) mass is 265 g/mol. The quantitative estimate of drug-likeness (QED) is 0.661. The Labute approximate surface area is 110 Å². The standard InChI is InChI=1S/C12H13BFNO4/c1-8-3-4-9(10(14)5-8)13-18-11(16)6-15(2)7-12(17)19-13/h3-5H,6-7H2,1-2H3. The zero-order chi connectivity index (χ0) is 14.0. The predicted molar refractivity (Wildman–Crippen MR) is 66.2 cm³/mol. The molecule has 1 fully saturated rings. The van der Waals surface area contributed by atoms with Crippen LogP contribution in [0.5, 0.6) is 0 Å². The van der Waals surface area contributed by atoms with Gasteiger partial charge in [0.05, 0.1) is 13.1 Å². The number of likely N-dealkylation sites (N-methyl/N-ethyl adjacent to an activating group) is 1. The van der Waals surface area contributed by atoms with E-state index in [0.29, 0.717) is 0 Å². The van der Waals surface area contributed by atoms with Crippen LogP contribution in [0.4, 0.5) is 4.39 Å². The van der Waals surface area contributed by atoms with E-state index in [1.165, 1.54) is 17.0 Å². The lowest BCUT2D eigenvalue weighted by Gasteiger charge is -2.22. The van der Waals surface area contributed by atoms with Gasteiger partial charge in [-0.15, -0.1) is 0 Å². The second-order valence-corrected chi connectivity index (χ2v) is 4.51. The first kappa shape index (κ1) is 13.5. The van der Waals surface area contributed by atoms with Crippen molar-refractivity contribution >= 4 is 24.5 Å². The Morgan fingerprint density at radius 3 is 2.32 bits per heavy atom. The zero-order valence-corrected chi connectivity index (χ0v) is 10.7. The van der Waals surface area contributed by atoms with Gasteiger partial charge in [-0.25, -0.2) is 4.39 Å². The van der Waals surface area contributed by atoms with Crippen LogP contribution in [-0.2, 0) is 18.9 Å². The van der Waals surface area contributed by atoms with Crippen molar-refractivity contribution in [2.45, 2.75) is 6.92 Å². The molecule has 1 aliphatic heterocycles. The number of carbonyl (C=O) groups excluding carboxylic acids is 2. The van der Waals surface area contributed by atoms with Crippen molar-refractivity contribution in [1.29, 1.82) is 0 Å². The van der Waals surface area contributed by atoms with Crippen LogP contribution in [0.3, 0.4) is 0 Å². The molecule has 0 atom stereocenters. The molecule has 1 aromatic carbocycles. The van der Waals surface area contributed by atoms with Gasteiger partial charge in [0.2, 0.25) is 0 Å². The molecule has 0 bridgehead atoms. The lowest BCUT2D eigenvalue weighted by atomic mass is 9.77. The number of nitrogens with zero attached hydrogens (tertiary/aromatic N) is 1. The van der Waals surface area contributed by atoms with E-state index < -0.39 is 24.9 Å². The molecule has 1 aromatic rings. The molecule has 100 valence electrons. The number of halogens is 1. The van der Waals surface area contributed by atoms with E-state index in [0.717, 1.165) is 5.56 Å². The molecule has 0 spiro atoms. The van der Waals surface area contributed by atoms with Crippen LogP contribution in [0.25, 0.3) is 0 Å². The molecule has 1 aliphatic rings. The number of benzene rings is 1. The minimum atomic E-state index is -1.32. The van der Waals surface area contributed by atoms with E-state index in [1.807, 2.05) is 0 Å². The molecule has 0 saturated carbocycles. The van der Waals surface area contributed by atoms with Crippen LogP contribution < -0.4 is 5.46 Å². The molecule has 1 heterocycles. The minimum Gasteiger partial charge on any atom is -0.494 e. The normalized spacial score (nSPS) is 17.5. The van der Waals surface area contributed by atoms with Gasteiger partial charge in [0.25, 0.3) is 0 Å². The Kier molecular flexibility index (Phi) is 3.85. The molecule has 5 nitrogen and oxygen atoms in total. The fraction of sp³-hybridized carbons (Fsp3) is 0.333. The highest BCUT2D eigenvalue weighted by Crippen LogP contribution is 2.06. The van der Waals surface area contributed by atoms with Crippen molar-refractivity contribution in [2.75, 3.05) is 20.1 Å². The molecule has 19 heavy (non-hydrogen) atoms. The number of hydrogen-bond acceptors (Lipinski definition) is 5. The maximum absolute atomic E-state index is 13.8. The van der Waals surface area contributed by atoms with Gasteiger partial charge in [-0.2, -0.15) is 0 Å². The smallest absolute Gasteiger partial charge is 0.494 e. The average molecular weight is 265 g/mol. The maximum Gasteiger partial charge on any atom is 0.639 e. The topological polar surface area (TPSA) is 55.8 Å². The first-order chi connectivity index (χ1) is 8.95. The van der Waals surface area contributed by atoms with Crippen LogP contribution in [0, 0.1) is 12.7 Å². The summed E-state index contributed by atoms with van der Waals surface area (Å²) in [5.41, 5.74) is 0.765. The van der Waals surface area contributed by atoms with Crippen LogP contribution in [0.1, 0.15) is 5.56 Å². The second-order valence-electron chi connectivity index (χ2n) is 4.51. The Hall–Kier alpha value is -1.89. The third-order valence-corrected chi connectivity index (χ3v) is 2.68. The minimum absolute atomic E-state index is 0.0388. The van der Waals surface area contributed by atoms with Gasteiger partial charge in [-0.05, 0) is 25.6 Å². The third kappa shape index (κ3) is 3.32. The van der Waals surface area contributed by atoms with E-state index in [2.05, 4.69) is 0 Å². The lowest BCUT2D eigenvalue weighted by Crippen LogP contribution is -2.48. The SMILES string of the molecule is Cc1ccc(B2OC(=O)CN(C)CC(=O)O2)c(F)c1. The van der Waals surface area contributed by atoms with Crippen LogP contribution in [-0.4, -0.2) is 44.1 Å². The van der Waals surface area contributed by atoms with Gasteiger partial charge in [0.1, 0.15) is 5.82 Å². The predicted octanol–water partition coefficient (Wildman–Crippen LogP) is -0.139. The van der Waals surface area contributed by atoms with Gasteiger partial charge >= 0.3 is 19.1 Å². The number of hydrogen-bond donors (Lipinski definition) is 0. The molecule has 0 aromatic heterocycles. The molecule has 0 unspecified atom stereocenters. The van der Waals surface area contributed by atoms with Crippen LogP contribution in [0.2, 0.25) is 0 Å². The fourth-order valence-electron chi connectivity index (χ4n) is 1.78.